The van der Waals surface area contributed by atoms with Gasteiger partial charge in [-0.05, 0) is 31.2 Å². The standard InChI is InChI=1S/C16H16O5/c1-2-20-16(19)13-7-3-6-12(15(13)18)14(17)9-8-11-5-4-10-21-11/h3-7,10,18H,2,8-9H2,1H3. The number of phenols is 1. The molecule has 5 heteroatoms. The van der Waals surface area contributed by atoms with Gasteiger partial charge in [0.15, 0.2) is 5.78 Å². The average molecular weight is 288 g/mol. The third-order valence-electron chi connectivity index (χ3n) is 3.01. The quantitative estimate of drug-likeness (QED) is 0.653. The Bertz CT molecular complexity index is 628. The van der Waals surface area contributed by atoms with E-state index in [1.165, 1.54) is 12.1 Å². The molecule has 0 radical (unpaired) electrons. The summed E-state index contributed by atoms with van der Waals surface area (Å²) in [5.41, 5.74) is 0.118. The SMILES string of the molecule is CCOC(=O)c1cccc(C(=O)CCc2ccco2)c1O. The van der Waals surface area contributed by atoms with Gasteiger partial charge in [-0.1, -0.05) is 6.07 Å². The molecular weight excluding hydrogens is 272 g/mol. The van der Waals surface area contributed by atoms with E-state index in [1.807, 2.05) is 0 Å². The second-order valence-electron chi connectivity index (χ2n) is 4.42. The van der Waals surface area contributed by atoms with E-state index in [0.29, 0.717) is 12.2 Å². The molecule has 0 spiro atoms. The van der Waals surface area contributed by atoms with E-state index >= 15 is 0 Å². The number of aromatic hydroxyl groups is 1. The summed E-state index contributed by atoms with van der Waals surface area (Å²) < 4.78 is 9.99. The van der Waals surface area contributed by atoms with Crippen LogP contribution in [0.2, 0.25) is 0 Å². The van der Waals surface area contributed by atoms with Gasteiger partial charge in [-0.3, -0.25) is 4.79 Å². The van der Waals surface area contributed by atoms with Crippen LogP contribution in [0, 0.1) is 0 Å². The number of rotatable bonds is 6. The van der Waals surface area contributed by atoms with Gasteiger partial charge in [0.05, 0.1) is 18.4 Å². The highest BCUT2D eigenvalue weighted by molar-refractivity contribution is 6.03. The molecule has 0 saturated heterocycles. The molecule has 2 rings (SSSR count). The summed E-state index contributed by atoms with van der Waals surface area (Å²) in [6.45, 7) is 1.88. The number of ether oxygens (including phenoxy) is 1. The van der Waals surface area contributed by atoms with Gasteiger partial charge in [-0.2, -0.15) is 0 Å². The van der Waals surface area contributed by atoms with Crippen molar-refractivity contribution in [1.29, 1.82) is 0 Å². The van der Waals surface area contributed by atoms with Crippen LogP contribution in [-0.2, 0) is 11.2 Å². The lowest BCUT2D eigenvalue weighted by atomic mass is 10.0. The zero-order valence-corrected chi connectivity index (χ0v) is 11.7. The maximum atomic E-state index is 12.1. The number of furan rings is 1. The normalized spacial score (nSPS) is 10.3. The number of hydrogen-bond acceptors (Lipinski definition) is 5. The molecule has 2 aromatic rings. The summed E-state index contributed by atoms with van der Waals surface area (Å²) in [6.07, 6.45) is 2.17. The molecule has 0 aliphatic rings. The van der Waals surface area contributed by atoms with Gasteiger partial charge in [-0.25, -0.2) is 4.79 Å². The van der Waals surface area contributed by atoms with Crippen molar-refractivity contribution in [2.45, 2.75) is 19.8 Å². The minimum atomic E-state index is -0.643. The van der Waals surface area contributed by atoms with Crippen LogP contribution >= 0.6 is 0 Å². The number of aryl methyl sites for hydroxylation is 1. The molecule has 0 unspecified atom stereocenters. The molecule has 0 saturated carbocycles. The third-order valence-corrected chi connectivity index (χ3v) is 3.01. The van der Waals surface area contributed by atoms with Gasteiger partial charge in [-0.15, -0.1) is 0 Å². The average Bonchev–Trinajstić information content (AvgIpc) is 2.98. The van der Waals surface area contributed by atoms with Crippen LogP contribution in [0.3, 0.4) is 0 Å². The first kappa shape index (κ1) is 14.8. The van der Waals surface area contributed by atoms with Gasteiger partial charge < -0.3 is 14.3 Å². The molecular formula is C16H16O5. The van der Waals surface area contributed by atoms with E-state index < -0.39 is 5.97 Å². The van der Waals surface area contributed by atoms with Gasteiger partial charge in [0.25, 0.3) is 0 Å². The van der Waals surface area contributed by atoms with Crippen LogP contribution in [0.15, 0.2) is 41.0 Å². The summed E-state index contributed by atoms with van der Waals surface area (Å²) in [7, 11) is 0. The van der Waals surface area contributed by atoms with Crippen LogP contribution in [0.1, 0.15) is 39.8 Å². The first-order valence-electron chi connectivity index (χ1n) is 6.68. The Morgan fingerprint density at radius 3 is 2.62 bits per heavy atom. The van der Waals surface area contributed by atoms with Crippen LogP contribution in [0.25, 0.3) is 0 Å². The Balaban J connectivity index is 2.13. The Kier molecular flexibility index (Phi) is 4.77. The number of Topliss-reactive ketones (excluding diaryl/α,β-unsaturated/α-hetero) is 1. The molecule has 1 heterocycles. The fourth-order valence-corrected chi connectivity index (χ4v) is 1.97. The van der Waals surface area contributed by atoms with E-state index in [-0.39, 0.29) is 35.7 Å². The summed E-state index contributed by atoms with van der Waals surface area (Å²) in [5, 5.41) is 10.1. The first-order valence-corrected chi connectivity index (χ1v) is 6.68. The number of benzene rings is 1. The van der Waals surface area contributed by atoms with Crippen molar-refractivity contribution in [2.24, 2.45) is 0 Å². The Morgan fingerprint density at radius 2 is 1.95 bits per heavy atom. The smallest absolute Gasteiger partial charge is 0.341 e. The summed E-state index contributed by atoms with van der Waals surface area (Å²) in [5.74, 6) is -0.532. The Morgan fingerprint density at radius 1 is 1.19 bits per heavy atom. The topological polar surface area (TPSA) is 76.7 Å². The number of phenolic OH excluding ortho intramolecular Hbond substituents is 1. The molecule has 0 bridgehead atoms. The van der Waals surface area contributed by atoms with Crippen LogP contribution in [-0.4, -0.2) is 23.5 Å². The Labute approximate surface area is 122 Å². The Hall–Kier alpha value is -2.56. The van der Waals surface area contributed by atoms with Gasteiger partial charge in [0.2, 0.25) is 0 Å². The molecule has 0 aliphatic carbocycles. The van der Waals surface area contributed by atoms with Gasteiger partial charge in [0.1, 0.15) is 17.1 Å². The number of hydrogen-bond donors (Lipinski definition) is 1. The summed E-state index contributed by atoms with van der Waals surface area (Å²) in [6, 6.07) is 7.99. The van der Waals surface area contributed by atoms with E-state index in [2.05, 4.69) is 0 Å². The molecule has 21 heavy (non-hydrogen) atoms. The second kappa shape index (κ2) is 6.74. The lowest BCUT2D eigenvalue weighted by Gasteiger charge is -2.08. The maximum absolute atomic E-state index is 12.1. The number of carbonyl (C=O) groups excluding carboxylic acids is 2. The predicted octanol–water partition coefficient (Wildman–Crippen LogP) is 2.98. The predicted molar refractivity (Wildman–Crippen MR) is 75.4 cm³/mol. The van der Waals surface area contributed by atoms with E-state index in [9.17, 15) is 14.7 Å². The summed E-state index contributed by atoms with van der Waals surface area (Å²) >= 11 is 0. The molecule has 0 aliphatic heterocycles. The van der Waals surface area contributed by atoms with Gasteiger partial charge in [0, 0.05) is 12.8 Å². The van der Waals surface area contributed by atoms with Crippen molar-refractivity contribution in [2.75, 3.05) is 6.61 Å². The lowest BCUT2D eigenvalue weighted by molar-refractivity contribution is 0.0523. The molecule has 0 fully saturated rings. The highest BCUT2D eigenvalue weighted by atomic mass is 16.5. The van der Waals surface area contributed by atoms with Gasteiger partial charge >= 0.3 is 5.97 Å². The minimum absolute atomic E-state index is 0.000647. The van der Waals surface area contributed by atoms with Crippen molar-refractivity contribution in [1.82, 2.24) is 0 Å². The molecule has 1 N–H and O–H groups in total. The highest BCUT2D eigenvalue weighted by Crippen LogP contribution is 2.25. The molecule has 1 aromatic heterocycles. The second-order valence-corrected chi connectivity index (χ2v) is 4.42. The van der Waals surface area contributed by atoms with Crippen molar-refractivity contribution in [3.8, 4) is 5.75 Å². The molecule has 0 atom stereocenters. The van der Waals surface area contributed by atoms with E-state index in [1.54, 1.807) is 31.4 Å². The molecule has 1 aromatic carbocycles. The van der Waals surface area contributed by atoms with Crippen LogP contribution < -0.4 is 0 Å². The highest BCUT2D eigenvalue weighted by Gasteiger charge is 2.19. The largest absolute Gasteiger partial charge is 0.506 e. The van der Waals surface area contributed by atoms with E-state index in [4.69, 9.17) is 9.15 Å². The first-order chi connectivity index (χ1) is 10.1. The number of esters is 1. The molecule has 0 amide bonds. The van der Waals surface area contributed by atoms with Crippen LogP contribution in [0.4, 0.5) is 0 Å². The number of para-hydroxylation sites is 1. The molecule has 5 nitrogen and oxygen atoms in total. The van der Waals surface area contributed by atoms with E-state index in [0.717, 1.165) is 0 Å². The van der Waals surface area contributed by atoms with Crippen molar-refractivity contribution < 1.29 is 23.8 Å². The summed E-state index contributed by atoms with van der Waals surface area (Å²) in [4.78, 5) is 23.8. The number of carbonyl (C=O) groups is 2. The van der Waals surface area contributed by atoms with Crippen LogP contribution in [0.5, 0.6) is 5.75 Å². The number of ketones is 1. The molecule has 110 valence electrons. The van der Waals surface area contributed by atoms with Crippen molar-refractivity contribution in [3.05, 3.63) is 53.5 Å². The third kappa shape index (κ3) is 3.51. The lowest BCUT2D eigenvalue weighted by Crippen LogP contribution is -2.08. The maximum Gasteiger partial charge on any atom is 0.341 e. The van der Waals surface area contributed by atoms with Crippen molar-refractivity contribution >= 4 is 11.8 Å². The monoisotopic (exact) mass is 288 g/mol. The zero-order chi connectivity index (χ0) is 15.2. The fraction of sp³-hybridized carbons (Fsp3) is 0.250. The van der Waals surface area contributed by atoms with Crippen molar-refractivity contribution in [3.63, 3.8) is 0 Å². The fourth-order valence-electron chi connectivity index (χ4n) is 1.97. The minimum Gasteiger partial charge on any atom is -0.506 e. The zero-order valence-electron chi connectivity index (χ0n) is 11.7.